The third kappa shape index (κ3) is 8.38. The molecular weight excluding hydrogens is 542 g/mol. The highest BCUT2D eigenvalue weighted by atomic mass is 16.5. The van der Waals surface area contributed by atoms with Crippen LogP contribution in [0.5, 0.6) is 11.5 Å². The maximum atomic E-state index is 14.0. The minimum absolute atomic E-state index is 0.0546. The average Bonchev–Trinajstić information content (AvgIpc) is 3.46. The van der Waals surface area contributed by atoms with Crippen LogP contribution in [0.1, 0.15) is 46.8 Å². The van der Waals surface area contributed by atoms with Crippen molar-refractivity contribution in [3.63, 3.8) is 0 Å². The lowest BCUT2D eigenvalue weighted by atomic mass is 10.1. The second-order valence-electron chi connectivity index (χ2n) is 10.6. The van der Waals surface area contributed by atoms with Crippen LogP contribution in [0.2, 0.25) is 0 Å². The van der Waals surface area contributed by atoms with E-state index in [4.69, 9.17) is 14.2 Å². The van der Waals surface area contributed by atoms with E-state index in [1.54, 1.807) is 26.2 Å². The standard InChI is InChI=1S/C35H43N3O5/c1-5-6-9-26-12-15-28(16-13-26)35(40)38(20-21-41-2)25-34(39)37(24-27-14-17-32(42-3)33(22-27)43-4)19-18-29-23-36-31-11-8-7-10-30(29)31/h7-8,10-17,22-23,36H,5-6,9,18-21,24-25H2,1-4H3. The largest absolute Gasteiger partial charge is 0.493 e. The quantitative estimate of drug-likeness (QED) is 0.177. The van der Waals surface area contributed by atoms with Gasteiger partial charge in [-0.3, -0.25) is 9.59 Å². The molecule has 0 saturated heterocycles. The van der Waals surface area contributed by atoms with Crippen LogP contribution in [0.3, 0.4) is 0 Å². The summed E-state index contributed by atoms with van der Waals surface area (Å²) in [5.74, 6) is 0.900. The molecule has 0 unspecified atom stereocenters. The van der Waals surface area contributed by atoms with Crippen molar-refractivity contribution in [2.24, 2.45) is 0 Å². The fourth-order valence-corrected chi connectivity index (χ4v) is 5.18. The number of carbonyl (C=O) groups excluding carboxylic acids is 2. The Balaban J connectivity index is 1.55. The second kappa shape index (κ2) is 15.8. The number of methoxy groups -OCH3 is 3. The van der Waals surface area contributed by atoms with Gasteiger partial charge in [0, 0.05) is 49.4 Å². The van der Waals surface area contributed by atoms with Crippen LogP contribution in [-0.2, 0) is 28.9 Å². The highest BCUT2D eigenvalue weighted by Crippen LogP contribution is 2.28. The Bertz CT molecular complexity index is 1480. The molecule has 0 saturated carbocycles. The van der Waals surface area contributed by atoms with Crippen LogP contribution in [0.15, 0.2) is 72.9 Å². The van der Waals surface area contributed by atoms with E-state index in [0.29, 0.717) is 49.7 Å². The predicted octanol–water partition coefficient (Wildman–Crippen LogP) is 5.89. The first-order chi connectivity index (χ1) is 21.0. The molecule has 3 aromatic carbocycles. The van der Waals surface area contributed by atoms with Gasteiger partial charge in [0.1, 0.15) is 6.54 Å². The Hall–Kier alpha value is -4.30. The number of rotatable bonds is 16. The number of H-pyrrole nitrogens is 1. The van der Waals surface area contributed by atoms with E-state index in [9.17, 15) is 9.59 Å². The fourth-order valence-electron chi connectivity index (χ4n) is 5.18. The zero-order valence-electron chi connectivity index (χ0n) is 25.7. The third-order valence-corrected chi connectivity index (χ3v) is 7.70. The second-order valence-corrected chi connectivity index (χ2v) is 10.6. The third-order valence-electron chi connectivity index (χ3n) is 7.70. The molecule has 0 radical (unpaired) electrons. The first kappa shape index (κ1) is 31.6. The summed E-state index contributed by atoms with van der Waals surface area (Å²) in [6, 6.07) is 21.5. The number of aryl methyl sites for hydroxylation is 1. The van der Waals surface area contributed by atoms with Crippen LogP contribution in [0, 0.1) is 0 Å². The molecule has 0 atom stereocenters. The number of benzene rings is 3. The lowest BCUT2D eigenvalue weighted by Gasteiger charge is -2.28. The molecule has 0 bridgehead atoms. The van der Waals surface area contributed by atoms with Crippen LogP contribution >= 0.6 is 0 Å². The summed E-state index contributed by atoms with van der Waals surface area (Å²) in [6.07, 6.45) is 5.87. The van der Waals surface area contributed by atoms with Crippen molar-refractivity contribution in [1.29, 1.82) is 0 Å². The first-order valence-corrected chi connectivity index (χ1v) is 14.9. The Morgan fingerprint density at radius 3 is 2.28 bits per heavy atom. The summed E-state index contributed by atoms with van der Waals surface area (Å²) < 4.78 is 16.2. The van der Waals surface area contributed by atoms with Crippen molar-refractivity contribution in [3.05, 3.63) is 95.2 Å². The normalized spacial score (nSPS) is 11.0. The summed E-state index contributed by atoms with van der Waals surface area (Å²) in [5, 5.41) is 1.14. The van der Waals surface area contributed by atoms with Gasteiger partial charge in [-0.15, -0.1) is 0 Å². The van der Waals surface area contributed by atoms with Gasteiger partial charge in [-0.1, -0.05) is 49.7 Å². The average molecular weight is 586 g/mol. The van der Waals surface area contributed by atoms with Crippen molar-refractivity contribution in [3.8, 4) is 11.5 Å². The van der Waals surface area contributed by atoms with Gasteiger partial charge < -0.3 is 29.0 Å². The lowest BCUT2D eigenvalue weighted by molar-refractivity contribution is -0.132. The van der Waals surface area contributed by atoms with E-state index in [0.717, 1.165) is 41.3 Å². The Morgan fingerprint density at radius 1 is 0.814 bits per heavy atom. The minimum Gasteiger partial charge on any atom is -0.493 e. The van der Waals surface area contributed by atoms with Crippen LogP contribution < -0.4 is 9.47 Å². The summed E-state index contributed by atoms with van der Waals surface area (Å²) in [5.41, 5.74) is 4.87. The zero-order valence-corrected chi connectivity index (χ0v) is 25.7. The fraction of sp³-hybridized carbons (Fsp3) is 0.371. The van der Waals surface area contributed by atoms with Gasteiger partial charge in [0.05, 0.1) is 20.8 Å². The minimum atomic E-state index is -0.185. The molecular formula is C35H43N3O5. The number of aromatic nitrogens is 1. The number of ether oxygens (including phenoxy) is 3. The van der Waals surface area contributed by atoms with E-state index < -0.39 is 0 Å². The smallest absolute Gasteiger partial charge is 0.254 e. The topological polar surface area (TPSA) is 84.1 Å². The summed E-state index contributed by atoms with van der Waals surface area (Å²) in [4.78, 5) is 34.3. The van der Waals surface area contributed by atoms with Crippen molar-refractivity contribution >= 4 is 22.7 Å². The number of para-hydroxylation sites is 1. The molecule has 8 heteroatoms. The molecule has 1 aromatic heterocycles. The Morgan fingerprint density at radius 2 is 1.56 bits per heavy atom. The molecule has 4 rings (SSSR count). The van der Waals surface area contributed by atoms with Gasteiger partial charge in [-0.05, 0) is 66.3 Å². The number of hydrogen-bond acceptors (Lipinski definition) is 5. The van der Waals surface area contributed by atoms with Gasteiger partial charge in [0.15, 0.2) is 11.5 Å². The zero-order chi connectivity index (χ0) is 30.6. The number of carbonyl (C=O) groups is 2. The Labute approximate surface area is 254 Å². The number of nitrogens with zero attached hydrogens (tertiary/aromatic N) is 2. The maximum absolute atomic E-state index is 14.0. The van der Waals surface area contributed by atoms with E-state index in [1.165, 1.54) is 5.56 Å². The summed E-state index contributed by atoms with van der Waals surface area (Å²) in [7, 11) is 4.79. The number of fused-ring (bicyclic) bond motifs is 1. The number of amides is 2. The highest BCUT2D eigenvalue weighted by Gasteiger charge is 2.23. The summed E-state index contributed by atoms with van der Waals surface area (Å²) in [6.45, 7) is 3.59. The Kier molecular flexibility index (Phi) is 11.6. The monoisotopic (exact) mass is 585 g/mol. The van der Waals surface area contributed by atoms with E-state index >= 15 is 0 Å². The molecule has 1 N–H and O–H groups in total. The first-order valence-electron chi connectivity index (χ1n) is 14.9. The predicted molar refractivity (Wildman–Crippen MR) is 170 cm³/mol. The lowest BCUT2D eigenvalue weighted by Crippen LogP contribution is -2.44. The molecule has 2 amide bonds. The molecule has 1 heterocycles. The molecule has 0 fully saturated rings. The SMILES string of the molecule is CCCCc1ccc(C(=O)N(CCOC)CC(=O)N(CCc2c[nH]c3ccccc23)Cc2ccc(OC)c(OC)c2)cc1. The molecule has 0 spiro atoms. The van der Waals surface area contributed by atoms with E-state index in [-0.39, 0.29) is 18.4 Å². The molecule has 8 nitrogen and oxygen atoms in total. The van der Waals surface area contributed by atoms with Crippen molar-refractivity contribution in [2.45, 2.75) is 39.2 Å². The van der Waals surface area contributed by atoms with E-state index in [1.807, 2.05) is 71.8 Å². The van der Waals surface area contributed by atoms with Gasteiger partial charge in [0.2, 0.25) is 5.91 Å². The molecule has 0 aliphatic rings. The van der Waals surface area contributed by atoms with Crippen LogP contribution in [0.25, 0.3) is 10.9 Å². The van der Waals surface area contributed by atoms with Gasteiger partial charge in [-0.25, -0.2) is 0 Å². The molecule has 228 valence electrons. The maximum Gasteiger partial charge on any atom is 0.254 e. The van der Waals surface area contributed by atoms with Crippen molar-refractivity contribution in [1.82, 2.24) is 14.8 Å². The van der Waals surface area contributed by atoms with Gasteiger partial charge in [-0.2, -0.15) is 0 Å². The number of hydrogen-bond donors (Lipinski definition) is 1. The number of nitrogens with one attached hydrogen (secondary N) is 1. The van der Waals surface area contributed by atoms with Gasteiger partial charge >= 0.3 is 0 Å². The molecule has 0 aliphatic heterocycles. The number of aromatic amines is 1. The molecule has 4 aromatic rings. The van der Waals surface area contributed by atoms with Gasteiger partial charge in [0.25, 0.3) is 5.91 Å². The van der Waals surface area contributed by atoms with E-state index in [2.05, 4.69) is 18.0 Å². The molecule has 43 heavy (non-hydrogen) atoms. The molecule has 0 aliphatic carbocycles. The van der Waals surface area contributed by atoms with Crippen LogP contribution in [-0.4, -0.2) is 74.2 Å². The van der Waals surface area contributed by atoms with Crippen molar-refractivity contribution in [2.75, 3.05) is 47.6 Å². The number of unbranched alkanes of at least 4 members (excludes halogenated alkanes) is 1. The summed E-state index contributed by atoms with van der Waals surface area (Å²) >= 11 is 0. The van der Waals surface area contributed by atoms with Crippen molar-refractivity contribution < 1.29 is 23.8 Å². The highest BCUT2D eigenvalue weighted by molar-refractivity contribution is 5.96. The van der Waals surface area contributed by atoms with Crippen LogP contribution in [0.4, 0.5) is 0 Å².